The molecule has 0 unspecified atom stereocenters. The van der Waals surface area contributed by atoms with E-state index in [4.69, 9.17) is 4.74 Å². The predicted octanol–water partition coefficient (Wildman–Crippen LogP) is 3.87. The molecule has 0 spiro atoms. The second-order valence-corrected chi connectivity index (χ2v) is 6.33. The van der Waals surface area contributed by atoms with Crippen molar-refractivity contribution in [1.82, 2.24) is 0 Å². The summed E-state index contributed by atoms with van der Waals surface area (Å²) in [6.07, 6.45) is 1.59. The van der Waals surface area contributed by atoms with Crippen LogP contribution >= 0.6 is 0 Å². The van der Waals surface area contributed by atoms with E-state index in [2.05, 4.69) is 34.5 Å². The zero-order valence-corrected chi connectivity index (χ0v) is 14.3. The van der Waals surface area contributed by atoms with Crippen LogP contribution in [0.5, 0.6) is 5.75 Å². The second-order valence-electron chi connectivity index (χ2n) is 6.33. The molecule has 126 valence electrons. The maximum atomic E-state index is 12.3. The molecule has 2 aromatic rings. The van der Waals surface area contributed by atoms with E-state index in [9.17, 15) is 4.79 Å². The number of fused-ring (bicyclic) bond motifs is 1. The maximum absolute atomic E-state index is 12.3. The number of benzene rings is 2. The summed E-state index contributed by atoms with van der Waals surface area (Å²) in [5, 5.41) is 2.97. The number of hydrogen-bond acceptors (Lipinski definition) is 3. The quantitative estimate of drug-likeness (QED) is 0.877. The van der Waals surface area contributed by atoms with Crippen molar-refractivity contribution < 1.29 is 9.53 Å². The van der Waals surface area contributed by atoms with E-state index in [-0.39, 0.29) is 12.0 Å². The second kappa shape index (κ2) is 7.39. The number of para-hydroxylation sites is 3. The van der Waals surface area contributed by atoms with Crippen molar-refractivity contribution in [2.45, 2.75) is 32.8 Å². The minimum atomic E-state index is 0.0131. The van der Waals surface area contributed by atoms with Gasteiger partial charge in [0.1, 0.15) is 5.75 Å². The highest BCUT2D eigenvalue weighted by molar-refractivity contribution is 5.92. The Morgan fingerprint density at radius 3 is 2.75 bits per heavy atom. The van der Waals surface area contributed by atoms with Crippen molar-refractivity contribution in [3.8, 4) is 5.75 Å². The Kier molecular flexibility index (Phi) is 5.04. The topological polar surface area (TPSA) is 41.6 Å². The molecule has 0 saturated heterocycles. The average Bonchev–Trinajstić information content (AvgIpc) is 2.98. The van der Waals surface area contributed by atoms with Crippen LogP contribution < -0.4 is 15.0 Å². The summed E-state index contributed by atoms with van der Waals surface area (Å²) in [5.41, 5.74) is 3.36. The number of carbonyl (C=O) groups excluding carboxylic acids is 1. The van der Waals surface area contributed by atoms with Crippen LogP contribution in [0.25, 0.3) is 0 Å². The molecule has 1 amide bonds. The highest BCUT2D eigenvalue weighted by atomic mass is 16.5. The maximum Gasteiger partial charge on any atom is 0.226 e. The van der Waals surface area contributed by atoms with Crippen LogP contribution in [-0.2, 0) is 11.2 Å². The van der Waals surface area contributed by atoms with Gasteiger partial charge in [-0.25, -0.2) is 0 Å². The molecule has 4 heteroatoms. The standard InChI is InChI=1S/C20H24N2O2/c1-15(2)24-19-10-6-4-8-17(19)21-20(23)12-14-22-13-11-16-7-3-5-9-18(16)22/h3-10,15H,11-14H2,1-2H3,(H,21,23). The van der Waals surface area contributed by atoms with Crippen LogP contribution in [0.15, 0.2) is 48.5 Å². The lowest BCUT2D eigenvalue weighted by atomic mass is 10.2. The number of anilines is 2. The molecular formula is C20H24N2O2. The summed E-state index contributed by atoms with van der Waals surface area (Å²) in [5.74, 6) is 0.728. The normalized spacial score (nSPS) is 13.0. The first-order valence-electron chi connectivity index (χ1n) is 8.52. The van der Waals surface area contributed by atoms with Crippen LogP contribution in [0.3, 0.4) is 0 Å². The zero-order chi connectivity index (χ0) is 16.9. The van der Waals surface area contributed by atoms with Crippen LogP contribution in [0, 0.1) is 0 Å². The Morgan fingerprint density at radius 1 is 1.17 bits per heavy atom. The zero-order valence-electron chi connectivity index (χ0n) is 14.3. The van der Waals surface area contributed by atoms with E-state index in [0.29, 0.717) is 12.2 Å². The van der Waals surface area contributed by atoms with Crippen LogP contribution in [-0.4, -0.2) is 25.1 Å². The van der Waals surface area contributed by atoms with Gasteiger partial charge in [-0.15, -0.1) is 0 Å². The molecule has 24 heavy (non-hydrogen) atoms. The summed E-state index contributed by atoms with van der Waals surface area (Å²) in [7, 11) is 0. The molecule has 1 aliphatic rings. The summed E-state index contributed by atoms with van der Waals surface area (Å²) in [6.45, 7) is 5.67. The number of carbonyl (C=O) groups is 1. The lowest BCUT2D eigenvalue weighted by molar-refractivity contribution is -0.116. The molecule has 1 N–H and O–H groups in total. The van der Waals surface area contributed by atoms with E-state index >= 15 is 0 Å². The highest BCUT2D eigenvalue weighted by Crippen LogP contribution is 2.28. The third-order valence-corrected chi connectivity index (χ3v) is 4.12. The number of hydrogen-bond donors (Lipinski definition) is 1. The minimum absolute atomic E-state index is 0.0131. The van der Waals surface area contributed by atoms with E-state index in [1.165, 1.54) is 11.3 Å². The highest BCUT2D eigenvalue weighted by Gasteiger charge is 2.19. The monoisotopic (exact) mass is 324 g/mol. The van der Waals surface area contributed by atoms with Crippen LogP contribution in [0.4, 0.5) is 11.4 Å². The van der Waals surface area contributed by atoms with Gasteiger partial charge in [0.25, 0.3) is 0 Å². The molecule has 1 aliphatic heterocycles. The molecule has 0 aromatic heterocycles. The Balaban J connectivity index is 1.57. The van der Waals surface area contributed by atoms with Gasteiger partial charge in [-0.2, -0.15) is 0 Å². The van der Waals surface area contributed by atoms with Crippen LogP contribution in [0.2, 0.25) is 0 Å². The first kappa shape index (κ1) is 16.4. The predicted molar refractivity (Wildman–Crippen MR) is 97.8 cm³/mol. The number of nitrogens with zero attached hydrogens (tertiary/aromatic N) is 1. The third kappa shape index (κ3) is 3.88. The van der Waals surface area contributed by atoms with Gasteiger partial charge in [0.15, 0.2) is 0 Å². The molecule has 1 heterocycles. The van der Waals surface area contributed by atoms with Gasteiger partial charge in [0.2, 0.25) is 5.91 Å². The SMILES string of the molecule is CC(C)Oc1ccccc1NC(=O)CCN1CCc2ccccc21. The van der Waals surface area contributed by atoms with E-state index in [1.54, 1.807) is 0 Å². The molecule has 2 aromatic carbocycles. The molecule has 0 aliphatic carbocycles. The number of ether oxygens (including phenoxy) is 1. The lowest BCUT2D eigenvalue weighted by Gasteiger charge is -2.19. The Morgan fingerprint density at radius 2 is 1.92 bits per heavy atom. The molecule has 0 saturated carbocycles. The van der Waals surface area contributed by atoms with Crippen molar-refractivity contribution in [3.63, 3.8) is 0 Å². The van der Waals surface area contributed by atoms with Gasteiger partial charge in [-0.05, 0) is 44.0 Å². The number of amides is 1. The summed E-state index contributed by atoms with van der Waals surface area (Å²) < 4.78 is 5.75. The number of nitrogens with one attached hydrogen (secondary N) is 1. The van der Waals surface area contributed by atoms with E-state index in [0.717, 1.165) is 25.2 Å². The fourth-order valence-corrected chi connectivity index (χ4v) is 3.01. The van der Waals surface area contributed by atoms with Crippen LogP contribution in [0.1, 0.15) is 25.8 Å². The third-order valence-electron chi connectivity index (χ3n) is 4.12. The first-order chi connectivity index (χ1) is 11.6. The lowest BCUT2D eigenvalue weighted by Crippen LogP contribution is -2.26. The summed E-state index contributed by atoms with van der Waals surface area (Å²) in [4.78, 5) is 14.6. The van der Waals surface area contributed by atoms with E-state index in [1.807, 2.05) is 38.1 Å². The van der Waals surface area contributed by atoms with E-state index < -0.39 is 0 Å². The Labute approximate surface area is 143 Å². The summed E-state index contributed by atoms with van der Waals surface area (Å²) >= 11 is 0. The minimum Gasteiger partial charge on any atom is -0.489 e. The largest absolute Gasteiger partial charge is 0.489 e. The van der Waals surface area contributed by atoms with Crippen molar-refractivity contribution in [2.75, 3.05) is 23.3 Å². The van der Waals surface area contributed by atoms with Gasteiger partial charge in [0.05, 0.1) is 11.8 Å². The smallest absolute Gasteiger partial charge is 0.226 e. The molecule has 0 bridgehead atoms. The molecular weight excluding hydrogens is 300 g/mol. The fraction of sp³-hybridized carbons (Fsp3) is 0.350. The van der Waals surface area contributed by atoms with Gasteiger partial charge in [0, 0.05) is 25.2 Å². The Bertz CT molecular complexity index is 712. The molecule has 0 fully saturated rings. The van der Waals surface area contributed by atoms with Crippen molar-refractivity contribution in [3.05, 3.63) is 54.1 Å². The number of rotatable bonds is 6. The fourth-order valence-electron chi connectivity index (χ4n) is 3.01. The Hall–Kier alpha value is -2.49. The van der Waals surface area contributed by atoms with Gasteiger partial charge in [-0.1, -0.05) is 30.3 Å². The van der Waals surface area contributed by atoms with Crippen molar-refractivity contribution >= 4 is 17.3 Å². The molecule has 3 rings (SSSR count). The van der Waals surface area contributed by atoms with Gasteiger partial charge < -0.3 is 15.0 Å². The van der Waals surface area contributed by atoms with Crippen molar-refractivity contribution in [1.29, 1.82) is 0 Å². The molecule has 0 atom stereocenters. The molecule has 0 radical (unpaired) electrons. The molecule has 4 nitrogen and oxygen atoms in total. The van der Waals surface area contributed by atoms with Gasteiger partial charge >= 0.3 is 0 Å². The van der Waals surface area contributed by atoms with Gasteiger partial charge in [-0.3, -0.25) is 4.79 Å². The first-order valence-corrected chi connectivity index (χ1v) is 8.52. The average molecular weight is 324 g/mol. The van der Waals surface area contributed by atoms with Crippen molar-refractivity contribution in [2.24, 2.45) is 0 Å². The summed E-state index contributed by atoms with van der Waals surface area (Å²) in [6, 6.07) is 16.0.